The van der Waals surface area contributed by atoms with Crippen LogP contribution in [0.5, 0.6) is 0 Å². The molecule has 1 heterocycles. The maximum Gasteiger partial charge on any atom is 0.226 e. The van der Waals surface area contributed by atoms with Gasteiger partial charge in [0, 0.05) is 30.4 Å². The number of halogens is 1. The molecule has 0 bridgehead atoms. The van der Waals surface area contributed by atoms with Gasteiger partial charge in [0.2, 0.25) is 5.91 Å². The van der Waals surface area contributed by atoms with E-state index in [1.807, 2.05) is 36.2 Å². The van der Waals surface area contributed by atoms with Gasteiger partial charge in [-0.3, -0.25) is 4.79 Å². The predicted molar refractivity (Wildman–Crippen MR) is 92.4 cm³/mol. The fourth-order valence-electron chi connectivity index (χ4n) is 4.19. The summed E-state index contributed by atoms with van der Waals surface area (Å²) in [5.74, 6) is 2.26. The van der Waals surface area contributed by atoms with Gasteiger partial charge in [-0.25, -0.2) is 9.97 Å². The van der Waals surface area contributed by atoms with Crippen molar-refractivity contribution in [3.8, 4) is 0 Å². The van der Waals surface area contributed by atoms with Crippen molar-refractivity contribution >= 4 is 17.5 Å². The molecule has 0 spiro atoms. The highest BCUT2D eigenvalue weighted by molar-refractivity contribution is 6.30. The molecule has 0 unspecified atom stereocenters. The zero-order chi connectivity index (χ0) is 16.7. The molecule has 1 aromatic heterocycles. The van der Waals surface area contributed by atoms with E-state index >= 15 is 0 Å². The number of nitrogens with zero attached hydrogens (tertiary/aromatic N) is 3. The smallest absolute Gasteiger partial charge is 0.226 e. The van der Waals surface area contributed by atoms with Crippen molar-refractivity contribution in [2.45, 2.75) is 25.3 Å². The predicted octanol–water partition coefficient (Wildman–Crippen LogP) is 3.72. The Morgan fingerprint density at radius 3 is 2.42 bits per heavy atom. The van der Waals surface area contributed by atoms with E-state index in [1.165, 1.54) is 19.3 Å². The molecular weight excluding hydrogens is 322 g/mol. The van der Waals surface area contributed by atoms with Gasteiger partial charge in [-0.2, -0.15) is 0 Å². The summed E-state index contributed by atoms with van der Waals surface area (Å²) in [5, 5.41) is 0.678. The van der Waals surface area contributed by atoms with Crippen molar-refractivity contribution < 1.29 is 4.79 Å². The molecule has 1 amide bonds. The topological polar surface area (TPSA) is 46.1 Å². The van der Waals surface area contributed by atoms with Crippen LogP contribution in [-0.4, -0.2) is 27.8 Å². The molecule has 2 aromatic rings. The Hall–Kier alpha value is -1.94. The number of carbonyl (C=O) groups excluding carboxylic acids is 1. The van der Waals surface area contributed by atoms with Gasteiger partial charge in [0.05, 0.1) is 0 Å². The van der Waals surface area contributed by atoms with E-state index < -0.39 is 0 Å². The zero-order valence-electron chi connectivity index (χ0n) is 13.6. The van der Waals surface area contributed by atoms with Gasteiger partial charge in [-0.1, -0.05) is 30.2 Å². The van der Waals surface area contributed by atoms with Crippen LogP contribution in [0.1, 0.15) is 36.7 Å². The highest BCUT2D eigenvalue weighted by Crippen LogP contribution is 2.58. The minimum Gasteiger partial charge on any atom is -0.331 e. The standard InChI is InChI=1S/C19H20ClN3O/c1-23(19(24)16-14-4-2-5-15(14)16)17(18-21-10-3-11-22-18)12-6-8-13(20)9-7-12/h3,6-11,14-17H,2,4-5H2,1H3/t14-,15-,17+/m1/s1. The lowest BCUT2D eigenvalue weighted by atomic mass is 10.0. The molecule has 0 aliphatic heterocycles. The van der Waals surface area contributed by atoms with Crippen LogP contribution in [0.15, 0.2) is 42.7 Å². The van der Waals surface area contributed by atoms with E-state index in [9.17, 15) is 4.79 Å². The minimum atomic E-state index is -0.280. The third-order valence-electron chi connectivity index (χ3n) is 5.44. The van der Waals surface area contributed by atoms with Crippen LogP contribution in [-0.2, 0) is 4.79 Å². The number of amides is 1. The molecule has 0 saturated heterocycles. The zero-order valence-corrected chi connectivity index (χ0v) is 14.4. The van der Waals surface area contributed by atoms with Gasteiger partial charge in [-0.15, -0.1) is 0 Å². The summed E-state index contributed by atoms with van der Waals surface area (Å²) in [6, 6.07) is 9.09. The van der Waals surface area contributed by atoms with Crippen LogP contribution < -0.4 is 0 Å². The molecule has 2 aliphatic rings. The average molecular weight is 342 g/mol. The SMILES string of the molecule is CN(C(=O)C1[C@@H]2CCC[C@@H]12)[C@@H](c1ccc(Cl)cc1)c1ncccn1. The normalized spacial score (nSPS) is 25.8. The van der Waals surface area contributed by atoms with Gasteiger partial charge >= 0.3 is 0 Å². The molecule has 4 rings (SSSR count). The van der Waals surface area contributed by atoms with Gasteiger partial charge < -0.3 is 4.90 Å². The third kappa shape index (κ3) is 2.69. The maximum absolute atomic E-state index is 13.0. The summed E-state index contributed by atoms with van der Waals surface area (Å²) in [4.78, 5) is 23.6. The number of hydrogen-bond donors (Lipinski definition) is 0. The number of benzene rings is 1. The average Bonchev–Trinajstić information content (AvgIpc) is 3.08. The van der Waals surface area contributed by atoms with Crippen LogP contribution in [0.2, 0.25) is 5.02 Å². The quantitative estimate of drug-likeness (QED) is 0.851. The Kier molecular flexibility index (Phi) is 4.01. The second-order valence-electron chi connectivity index (χ2n) is 6.79. The Labute approximate surface area is 146 Å². The molecule has 2 fully saturated rings. The highest BCUT2D eigenvalue weighted by atomic mass is 35.5. The molecule has 124 valence electrons. The molecule has 3 atom stereocenters. The van der Waals surface area contributed by atoms with E-state index in [4.69, 9.17) is 11.6 Å². The van der Waals surface area contributed by atoms with E-state index in [0.29, 0.717) is 22.7 Å². The summed E-state index contributed by atoms with van der Waals surface area (Å²) < 4.78 is 0. The molecule has 4 nitrogen and oxygen atoms in total. The summed E-state index contributed by atoms with van der Waals surface area (Å²) in [7, 11) is 1.87. The van der Waals surface area contributed by atoms with Crippen LogP contribution in [0.4, 0.5) is 0 Å². The van der Waals surface area contributed by atoms with Crippen molar-refractivity contribution in [1.29, 1.82) is 0 Å². The van der Waals surface area contributed by atoms with Crippen molar-refractivity contribution in [3.05, 3.63) is 59.1 Å². The van der Waals surface area contributed by atoms with Crippen molar-refractivity contribution in [3.63, 3.8) is 0 Å². The Morgan fingerprint density at radius 1 is 1.17 bits per heavy atom. The molecule has 2 aliphatic carbocycles. The molecule has 24 heavy (non-hydrogen) atoms. The van der Waals surface area contributed by atoms with Crippen molar-refractivity contribution in [2.75, 3.05) is 7.05 Å². The third-order valence-corrected chi connectivity index (χ3v) is 5.69. The fraction of sp³-hybridized carbons (Fsp3) is 0.421. The van der Waals surface area contributed by atoms with Crippen LogP contribution in [0, 0.1) is 17.8 Å². The first-order valence-corrected chi connectivity index (χ1v) is 8.83. The Bertz CT molecular complexity index is 724. The minimum absolute atomic E-state index is 0.197. The van der Waals surface area contributed by atoms with Gasteiger partial charge in [0.1, 0.15) is 6.04 Å². The van der Waals surface area contributed by atoms with Crippen molar-refractivity contribution in [1.82, 2.24) is 14.9 Å². The van der Waals surface area contributed by atoms with Gasteiger partial charge in [0.15, 0.2) is 5.82 Å². The lowest BCUT2D eigenvalue weighted by Gasteiger charge is -2.28. The van der Waals surface area contributed by atoms with Gasteiger partial charge in [-0.05, 0) is 48.4 Å². The molecular formula is C19H20ClN3O. The first-order chi connectivity index (χ1) is 11.7. The lowest BCUT2D eigenvalue weighted by molar-refractivity contribution is -0.133. The van der Waals surface area contributed by atoms with Crippen LogP contribution in [0.25, 0.3) is 0 Å². The number of rotatable bonds is 4. The summed E-state index contributed by atoms with van der Waals surface area (Å²) in [5.41, 5.74) is 0.979. The lowest BCUT2D eigenvalue weighted by Crippen LogP contribution is -2.35. The van der Waals surface area contributed by atoms with E-state index in [0.717, 1.165) is 5.56 Å². The number of aromatic nitrogens is 2. The van der Waals surface area contributed by atoms with Crippen LogP contribution in [0.3, 0.4) is 0 Å². The summed E-state index contributed by atoms with van der Waals surface area (Å²) >= 11 is 6.02. The summed E-state index contributed by atoms with van der Waals surface area (Å²) in [6.45, 7) is 0. The monoisotopic (exact) mass is 341 g/mol. The fourth-order valence-corrected chi connectivity index (χ4v) is 4.32. The molecule has 0 radical (unpaired) electrons. The number of hydrogen-bond acceptors (Lipinski definition) is 3. The second kappa shape index (κ2) is 6.17. The molecule has 1 aromatic carbocycles. The Morgan fingerprint density at radius 2 is 1.79 bits per heavy atom. The summed E-state index contributed by atoms with van der Waals surface area (Å²) in [6.07, 6.45) is 7.10. The maximum atomic E-state index is 13.0. The first-order valence-electron chi connectivity index (χ1n) is 8.46. The van der Waals surface area contributed by atoms with Crippen molar-refractivity contribution in [2.24, 2.45) is 17.8 Å². The molecule has 0 N–H and O–H groups in total. The second-order valence-corrected chi connectivity index (χ2v) is 7.23. The van der Waals surface area contributed by atoms with E-state index in [1.54, 1.807) is 18.5 Å². The van der Waals surface area contributed by atoms with E-state index in [-0.39, 0.29) is 17.9 Å². The molecule has 2 saturated carbocycles. The molecule has 5 heteroatoms. The van der Waals surface area contributed by atoms with Crippen LogP contribution >= 0.6 is 11.6 Å². The van der Waals surface area contributed by atoms with Gasteiger partial charge in [0.25, 0.3) is 0 Å². The Balaban J connectivity index is 1.64. The largest absolute Gasteiger partial charge is 0.331 e. The highest BCUT2D eigenvalue weighted by Gasteiger charge is 2.57. The number of fused-ring (bicyclic) bond motifs is 1. The van der Waals surface area contributed by atoms with E-state index in [2.05, 4.69) is 9.97 Å². The first kappa shape index (κ1) is 15.6. The number of carbonyl (C=O) groups is 1.